The molecule has 2 N–H and O–H groups in total. The summed E-state index contributed by atoms with van der Waals surface area (Å²) in [6.45, 7) is 1.34. The second kappa shape index (κ2) is 4.94. The van der Waals surface area contributed by atoms with Crippen LogP contribution in [0.4, 0.5) is 0 Å². The Morgan fingerprint density at radius 1 is 1.36 bits per heavy atom. The first-order chi connectivity index (χ1) is 10.6. The molecule has 4 rings (SSSR count). The predicted molar refractivity (Wildman–Crippen MR) is 77.4 cm³/mol. The molecular formula is C15H21N3O4. The van der Waals surface area contributed by atoms with E-state index in [9.17, 15) is 14.7 Å². The number of hydrogen-bond acceptors (Lipinski definition) is 5. The molecule has 3 fully saturated rings. The lowest BCUT2D eigenvalue weighted by molar-refractivity contribution is -0.142. The third-order valence-electron chi connectivity index (χ3n) is 5.48. The van der Waals surface area contributed by atoms with Crippen LogP contribution in [0.5, 0.6) is 0 Å². The van der Waals surface area contributed by atoms with E-state index in [0.29, 0.717) is 24.8 Å². The lowest BCUT2D eigenvalue weighted by Gasteiger charge is -2.48. The van der Waals surface area contributed by atoms with Crippen molar-refractivity contribution in [2.45, 2.75) is 56.2 Å². The van der Waals surface area contributed by atoms with Crippen molar-refractivity contribution in [1.82, 2.24) is 10.2 Å². The smallest absolute Gasteiger partial charge is 0.305 e. The predicted octanol–water partition coefficient (Wildman–Crippen LogP) is 0.349. The van der Waals surface area contributed by atoms with E-state index in [1.54, 1.807) is 0 Å². The van der Waals surface area contributed by atoms with Crippen LogP contribution in [-0.4, -0.2) is 58.4 Å². The highest BCUT2D eigenvalue weighted by molar-refractivity contribution is 6.40. The molecule has 0 spiro atoms. The van der Waals surface area contributed by atoms with Gasteiger partial charge in [-0.25, -0.2) is 0 Å². The van der Waals surface area contributed by atoms with Crippen molar-refractivity contribution in [1.29, 1.82) is 0 Å². The Balaban J connectivity index is 1.44. The van der Waals surface area contributed by atoms with Crippen LogP contribution in [0, 0.1) is 5.92 Å². The normalized spacial score (nSPS) is 32.6. The SMILES string of the molecule is O=C(O)CC1(N2C[C@@H]3C(C(=O)NC4CC4)=NO[C@@H]3C2)CCC1. The number of hydrogen-bond donors (Lipinski definition) is 2. The summed E-state index contributed by atoms with van der Waals surface area (Å²) in [7, 11) is 0. The number of nitrogens with one attached hydrogen (secondary N) is 1. The Morgan fingerprint density at radius 3 is 2.73 bits per heavy atom. The van der Waals surface area contributed by atoms with Crippen LogP contribution in [0.2, 0.25) is 0 Å². The molecule has 7 nitrogen and oxygen atoms in total. The number of carboxylic acids is 1. The van der Waals surface area contributed by atoms with Crippen molar-refractivity contribution in [3.05, 3.63) is 0 Å². The molecule has 1 amide bonds. The van der Waals surface area contributed by atoms with Crippen LogP contribution >= 0.6 is 0 Å². The fraction of sp³-hybridized carbons (Fsp3) is 0.800. The summed E-state index contributed by atoms with van der Waals surface area (Å²) in [5, 5.41) is 16.1. The highest BCUT2D eigenvalue weighted by Crippen LogP contribution is 2.44. The minimum absolute atomic E-state index is 0.0231. The molecule has 22 heavy (non-hydrogen) atoms. The van der Waals surface area contributed by atoms with E-state index in [1.807, 2.05) is 0 Å². The van der Waals surface area contributed by atoms with Crippen molar-refractivity contribution in [2.75, 3.05) is 13.1 Å². The first-order valence-corrected chi connectivity index (χ1v) is 8.09. The van der Waals surface area contributed by atoms with Gasteiger partial charge in [0.25, 0.3) is 5.91 Å². The van der Waals surface area contributed by atoms with Gasteiger partial charge in [-0.1, -0.05) is 5.16 Å². The second-order valence-electron chi connectivity index (χ2n) is 7.03. The molecule has 0 aromatic carbocycles. The Labute approximate surface area is 128 Å². The first kappa shape index (κ1) is 14.0. The van der Waals surface area contributed by atoms with E-state index in [1.165, 1.54) is 0 Å². The molecule has 4 aliphatic rings. The number of carboxylic acid groups (broad SMARTS) is 1. The second-order valence-corrected chi connectivity index (χ2v) is 7.03. The van der Waals surface area contributed by atoms with Crippen molar-refractivity contribution >= 4 is 17.6 Å². The van der Waals surface area contributed by atoms with E-state index in [2.05, 4.69) is 15.4 Å². The number of carbonyl (C=O) groups is 2. The molecule has 0 unspecified atom stereocenters. The maximum atomic E-state index is 12.2. The standard InChI is InChI=1S/C15H21N3O4/c19-12(20)6-15(4-1-5-15)18-7-10-11(8-18)22-17-13(10)14(21)16-9-2-3-9/h9-11H,1-8H2,(H,16,21)(H,19,20)/t10-,11+/m0/s1. The van der Waals surface area contributed by atoms with Gasteiger partial charge < -0.3 is 15.3 Å². The van der Waals surface area contributed by atoms with E-state index in [-0.39, 0.29) is 29.9 Å². The van der Waals surface area contributed by atoms with Gasteiger partial charge in [-0.15, -0.1) is 0 Å². The first-order valence-electron chi connectivity index (χ1n) is 8.09. The highest BCUT2D eigenvalue weighted by Gasteiger charge is 2.53. The number of oxime groups is 1. The van der Waals surface area contributed by atoms with Crippen molar-refractivity contribution in [3.8, 4) is 0 Å². The molecule has 2 aliphatic heterocycles. The summed E-state index contributed by atoms with van der Waals surface area (Å²) >= 11 is 0. The van der Waals surface area contributed by atoms with Gasteiger partial charge in [0.2, 0.25) is 0 Å². The summed E-state index contributed by atoms with van der Waals surface area (Å²) in [5.41, 5.74) is 0.252. The van der Waals surface area contributed by atoms with Gasteiger partial charge in [0.05, 0.1) is 12.3 Å². The molecule has 0 aromatic rings. The van der Waals surface area contributed by atoms with Gasteiger partial charge in [0.15, 0.2) is 5.71 Å². The topological polar surface area (TPSA) is 91.2 Å². The lowest BCUT2D eigenvalue weighted by Crippen LogP contribution is -2.54. The zero-order valence-corrected chi connectivity index (χ0v) is 12.5. The van der Waals surface area contributed by atoms with Crippen LogP contribution < -0.4 is 5.32 Å². The largest absolute Gasteiger partial charge is 0.481 e. The van der Waals surface area contributed by atoms with Gasteiger partial charge in [0.1, 0.15) is 6.10 Å². The molecule has 1 saturated heterocycles. The van der Waals surface area contributed by atoms with Crippen LogP contribution in [0.15, 0.2) is 5.16 Å². The van der Waals surface area contributed by atoms with E-state index >= 15 is 0 Å². The summed E-state index contributed by atoms with van der Waals surface area (Å²) in [5.74, 6) is -0.888. The summed E-state index contributed by atoms with van der Waals surface area (Å²) in [4.78, 5) is 31.1. The summed E-state index contributed by atoms with van der Waals surface area (Å²) in [6, 6.07) is 0.303. The average Bonchev–Trinajstić information content (AvgIpc) is 2.97. The number of likely N-dealkylation sites (tertiary alicyclic amines) is 1. The molecule has 0 aromatic heterocycles. The zero-order chi connectivity index (χ0) is 15.3. The van der Waals surface area contributed by atoms with Crippen molar-refractivity contribution < 1.29 is 19.5 Å². The number of rotatable bonds is 5. The Morgan fingerprint density at radius 2 is 2.14 bits per heavy atom. The maximum Gasteiger partial charge on any atom is 0.305 e. The van der Waals surface area contributed by atoms with Crippen molar-refractivity contribution in [2.24, 2.45) is 11.1 Å². The van der Waals surface area contributed by atoms with Gasteiger partial charge in [-0.2, -0.15) is 0 Å². The Hall–Kier alpha value is -1.63. The molecule has 0 radical (unpaired) electrons. The minimum atomic E-state index is -0.752. The third-order valence-corrected chi connectivity index (χ3v) is 5.48. The van der Waals surface area contributed by atoms with Crippen LogP contribution in [-0.2, 0) is 14.4 Å². The molecule has 0 bridgehead atoms. The number of amides is 1. The molecule has 2 heterocycles. The summed E-state index contributed by atoms with van der Waals surface area (Å²) < 4.78 is 0. The number of nitrogens with zero attached hydrogens (tertiary/aromatic N) is 2. The van der Waals surface area contributed by atoms with Gasteiger partial charge >= 0.3 is 5.97 Å². The zero-order valence-electron chi connectivity index (χ0n) is 12.5. The van der Waals surface area contributed by atoms with E-state index < -0.39 is 5.97 Å². The fourth-order valence-electron chi connectivity index (χ4n) is 3.89. The number of aliphatic carboxylic acids is 1. The number of carbonyl (C=O) groups excluding carboxylic acids is 1. The average molecular weight is 307 g/mol. The molecule has 7 heteroatoms. The molecular weight excluding hydrogens is 286 g/mol. The minimum Gasteiger partial charge on any atom is -0.481 e. The molecule has 2 atom stereocenters. The Bertz CT molecular complexity index is 539. The van der Waals surface area contributed by atoms with Gasteiger partial charge in [0, 0.05) is 24.7 Å². The highest BCUT2D eigenvalue weighted by atomic mass is 16.6. The Kier molecular flexibility index (Phi) is 3.14. The van der Waals surface area contributed by atoms with Crippen molar-refractivity contribution in [3.63, 3.8) is 0 Å². The quantitative estimate of drug-likeness (QED) is 0.765. The van der Waals surface area contributed by atoms with E-state index in [4.69, 9.17) is 4.84 Å². The van der Waals surface area contributed by atoms with Crippen LogP contribution in [0.25, 0.3) is 0 Å². The van der Waals surface area contributed by atoms with Crippen LogP contribution in [0.3, 0.4) is 0 Å². The van der Waals surface area contributed by atoms with E-state index in [0.717, 1.165) is 32.1 Å². The maximum absolute atomic E-state index is 12.2. The monoisotopic (exact) mass is 307 g/mol. The van der Waals surface area contributed by atoms with Crippen LogP contribution in [0.1, 0.15) is 38.5 Å². The van der Waals surface area contributed by atoms with Gasteiger partial charge in [-0.05, 0) is 32.1 Å². The molecule has 120 valence electrons. The third kappa shape index (κ3) is 2.27. The summed E-state index contributed by atoms with van der Waals surface area (Å²) in [6.07, 6.45) is 5.06. The fourth-order valence-corrected chi connectivity index (χ4v) is 3.89. The molecule has 2 saturated carbocycles. The number of fused-ring (bicyclic) bond motifs is 1. The lowest BCUT2D eigenvalue weighted by atomic mass is 9.73. The molecule has 2 aliphatic carbocycles. The van der Waals surface area contributed by atoms with Gasteiger partial charge in [-0.3, -0.25) is 14.5 Å².